The highest BCUT2D eigenvalue weighted by molar-refractivity contribution is 7.16. The third kappa shape index (κ3) is 8.51. The first-order valence-corrected chi connectivity index (χ1v) is 17.0. The number of fused-ring (bicyclic) bond motifs is 1. The Bertz CT molecular complexity index is 1670. The maximum absolute atomic E-state index is 12.9. The van der Waals surface area contributed by atoms with Crippen LogP contribution in [-0.4, -0.2) is 95.6 Å². The molecule has 6 rings (SSSR count). The van der Waals surface area contributed by atoms with E-state index in [2.05, 4.69) is 15.2 Å². The predicted octanol–water partition coefficient (Wildman–Crippen LogP) is 3.66. The number of aromatic amines is 1. The number of aromatic hydroxyl groups is 1. The number of carbonyl (C=O) groups excluding carboxylic acids is 1. The fourth-order valence-electron chi connectivity index (χ4n) is 6.24. The lowest BCUT2D eigenvalue weighted by atomic mass is 9.89. The Labute approximate surface area is 277 Å². The first kappa shape index (κ1) is 33.0. The van der Waals surface area contributed by atoms with Crippen LogP contribution in [-0.2, 0) is 16.1 Å². The molecule has 0 bridgehead atoms. The molecule has 2 aliphatic heterocycles. The summed E-state index contributed by atoms with van der Waals surface area (Å²) in [5.41, 5.74) is 1.74. The number of nitrogens with zero attached hydrogens (tertiary/aromatic N) is 2. The van der Waals surface area contributed by atoms with Crippen LogP contribution in [0.5, 0.6) is 17.2 Å². The van der Waals surface area contributed by atoms with Gasteiger partial charge in [-0.3, -0.25) is 14.5 Å². The van der Waals surface area contributed by atoms with Gasteiger partial charge in [-0.05, 0) is 48.7 Å². The number of phenols is 1. The zero-order valence-corrected chi connectivity index (χ0v) is 27.2. The van der Waals surface area contributed by atoms with E-state index < -0.39 is 6.10 Å². The maximum atomic E-state index is 12.9. The summed E-state index contributed by atoms with van der Waals surface area (Å²) in [7, 11) is 0. The van der Waals surface area contributed by atoms with E-state index in [-0.39, 0.29) is 22.1 Å². The zero-order valence-electron chi connectivity index (χ0n) is 26.4. The number of hydrogen-bond acceptors (Lipinski definition) is 10. The van der Waals surface area contributed by atoms with Crippen LogP contribution in [0.3, 0.4) is 0 Å². The fraction of sp³-hybridized carbons (Fsp3) is 0.429. The van der Waals surface area contributed by atoms with Crippen LogP contribution >= 0.6 is 11.3 Å². The van der Waals surface area contributed by atoms with Gasteiger partial charge >= 0.3 is 4.87 Å². The molecular formula is C35H42N4O7S. The first-order chi connectivity index (χ1) is 22.9. The number of hydrogen-bond donors (Lipinski definition) is 4. The highest BCUT2D eigenvalue weighted by Crippen LogP contribution is 2.32. The molecule has 2 fully saturated rings. The number of piperidine rings is 1. The SMILES string of the molecule is O=C(CCOc1ccccc1)N1CCOC2(CCN(CCOc3ccc(CNCC(O)c4ccc(O)c5[nH]c(=O)sc45)cc3)CC2)C1. The summed E-state index contributed by atoms with van der Waals surface area (Å²) in [6.45, 7) is 6.26. The van der Waals surface area contributed by atoms with Gasteiger partial charge in [0.2, 0.25) is 5.91 Å². The number of phenolic OH excluding ortho intramolecular Hbond substituents is 1. The van der Waals surface area contributed by atoms with Gasteiger partial charge in [-0.1, -0.05) is 47.7 Å². The highest BCUT2D eigenvalue weighted by Gasteiger charge is 2.40. The summed E-state index contributed by atoms with van der Waals surface area (Å²) in [5, 5.41) is 24.0. The number of aromatic nitrogens is 1. The Morgan fingerprint density at radius 1 is 1.00 bits per heavy atom. The number of likely N-dealkylation sites (tertiary alicyclic amines) is 1. The number of ether oxygens (including phenoxy) is 3. The molecule has 1 spiro atoms. The predicted molar refractivity (Wildman–Crippen MR) is 180 cm³/mol. The van der Waals surface area contributed by atoms with Gasteiger partial charge in [0.25, 0.3) is 0 Å². The molecule has 0 radical (unpaired) electrons. The van der Waals surface area contributed by atoms with E-state index in [1.165, 1.54) is 6.07 Å². The molecule has 3 aromatic carbocycles. The van der Waals surface area contributed by atoms with E-state index in [0.717, 1.165) is 60.9 Å². The summed E-state index contributed by atoms with van der Waals surface area (Å²) < 4.78 is 18.6. The lowest BCUT2D eigenvalue weighted by molar-refractivity contribution is -0.160. The van der Waals surface area contributed by atoms with Crippen molar-refractivity contribution in [3.8, 4) is 17.2 Å². The van der Waals surface area contributed by atoms with Gasteiger partial charge in [0.05, 0.1) is 36.0 Å². The van der Waals surface area contributed by atoms with Gasteiger partial charge in [0.15, 0.2) is 0 Å². The van der Waals surface area contributed by atoms with Gasteiger partial charge in [-0.25, -0.2) is 0 Å². The molecule has 4 aromatic rings. The van der Waals surface area contributed by atoms with Gasteiger partial charge in [0, 0.05) is 51.4 Å². The number of benzene rings is 3. The van der Waals surface area contributed by atoms with Crippen molar-refractivity contribution in [2.24, 2.45) is 0 Å². The molecule has 2 saturated heterocycles. The van der Waals surface area contributed by atoms with Crippen molar-refractivity contribution in [2.75, 3.05) is 59.1 Å². The van der Waals surface area contributed by atoms with Crippen LogP contribution in [0.4, 0.5) is 0 Å². The smallest absolute Gasteiger partial charge is 0.305 e. The molecule has 11 nitrogen and oxygen atoms in total. The van der Waals surface area contributed by atoms with E-state index in [0.29, 0.717) is 68.2 Å². The first-order valence-electron chi connectivity index (χ1n) is 16.1. The average Bonchev–Trinajstić information content (AvgIpc) is 3.49. The molecular weight excluding hydrogens is 620 g/mol. The van der Waals surface area contributed by atoms with E-state index >= 15 is 0 Å². The van der Waals surface area contributed by atoms with Crippen molar-refractivity contribution in [3.05, 3.63) is 87.5 Å². The number of aliphatic hydroxyl groups excluding tert-OH is 1. The molecule has 0 aliphatic carbocycles. The summed E-state index contributed by atoms with van der Waals surface area (Å²) in [5.74, 6) is 1.69. The van der Waals surface area contributed by atoms with E-state index in [4.69, 9.17) is 14.2 Å². The topological polar surface area (TPSA) is 137 Å². The Morgan fingerprint density at radius 2 is 1.74 bits per heavy atom. The molecule has 3 heterocycles. The molecule has 1 unspecified atom stereocenters. The molecule has 1 atom stereocenters. The zero-order chi connectivity index (χ0) is 32.6. The average molecular weight is 663 g/mol. The Morgan fingerprint density at radius 3 is 2.53 bits per heavy atom. The quantitative estimate of drug-likeness (QED) is 0.169. The number of carbonyl (C=O) groups is 1. The van der Waals surface area contributed by atoms with Crippen LogP contribution in [0.1, 0.15) is 36.5 Å². The second-order valence-corrected chi connectivity index (χ2v) is 13.1. The van der Waals surface area contributed by atoms with Crippen LogP contribution in [0.15, 0.2) is 71.5 Å². The highest BCUT2D eigenvalue weighted by atomic mass is 32.1. The van der Waals surface area contributed by atoms with E-state index in [1.54, 1.807) is 6.07 Å². The lowest BCUT2D eigenvalue weighted by Gasteiger charge is -2.47. The second-order valence-electron chi connectivity index (χ2n) is 12.1. The van der Waals surface area contributed by atoms with Crippen molar-refractivity contribution in [1.82, 2.24) is 20.1 Å². The lowest BCUT2D eigenvalue weighted by Crippen LogP contribution is -2.58. The Kier molecular flexibility index (Phi) is 10.7. The van der Waals surface area contributed by atoms with Gasteiger partial charge in [-0.15, -0.1) is 0 Å². The number of para-hydroxylation sites is 1. The molecule has 4 N–H and O–H groups in total. The van der Waals surface area contributed by atoms with Crippen molar-refractivity contribution >= 4 is 27.5 Å². The van der Waals surface area contributed by atoms with Crippen LogP contribution in [0.25, 0.3) is 10.2 Å². The number of thiazole rings is 1. The second kappa shape index (κ2) is 15.3. The maximum Gasteiger partial charge on any atom is 0.305 e. The summed E-state index contributed by atoms with van der Waals surface area (Å²) >= 11 is 0.978. The molecule has 250 valence electrons. The third-order valence-electron chi connectivity index (χ3n) is 8.91. The molecule has 47 heavy (non-hydrogen) atoms. The molecule has 1 aromatic heterocycles. The van der Waals surface area contributed by atoms with E-state index in [9.17, 15) is 19.8 Å². The van der Waals surface area contributed by atoms with Crippen molar-refractivity contribution in [1.29, 1.82) is 0 Å². The molecule has 2 aliphatic rings. The molecule has 12 heteroatoms. The summed E-state index contributed by atoms with van der Waals surface area (Å²) in [4.78, 5) is 31.3. The summed E-state index contributed by atoms with van der Waals surface area (Å²) in [6, 6.07) is 20.6. The number of amides is 1. The number of aliphatic hydroxyl groups is 1. The van der Waals surface area contributed by atoms with Crippen LogP contribution in [0, 0.1) is 0 Å². The van der Waals surface area contributed by atoms with Crippen LogP contribution in [0.2, 0.25) is 0 Å². The largest absolute Gasteiger partial charge is 0.506 e. The Balaban J connectivity index is 0.877. The fourth-order valence-corrected chi connectivity index (χ4v) is 7.15. The Hall–Kier alpha value is -3.94. The standard InChI is InChI=1S/C35H42N4O7S/c40-29-11-10-28(33-32(29)37-34(43)47-33)30(41)23-36-22-25-6-8-27(9-7-25)45-20-17-38-15-13-35(14-16-38)24-39(18-21-46-35)31(42)12-19-44-26-4-2-1-3-5-26/h1-11,30,36,40-41H,12-24H2,(H,37,43). The number of rotatable bonds is 13. The third-order valence-corrected chi connectivity index (χ3v) is 9.84. The normalized spacial score (nSPS) is 17.2. The monoisotopic (exact) mass is 662 g/mol. The summed E-state index contributed by atoms with van der Waals surface area (Å²) in [6.07, 6.45) is 1.31. The van der Waals surface area contributed by atoms with E-state index in [1.807, 2.05) is 59.5 Å². The van der Waals surface area contributed by atoms with Crippen LogP contribution < -0.4 is 19.7 Å². The van der Waals surface area contributed by atoms with Gasteiger partial charge in [-0.2, -0.15) is 0 Å². The number of H-pyrrole nitrogens is 1. The number of nitrogens with one attached hydrogen (secondary N) is 2. The minimum absolute atomic E-state index is 0.00836. The van der Waals surface area contributed by atoms with Gasteiger partial charge < -0.3 is 39.6 Å². The minimum Gasteiger partial charge on any atom is -0.506 e. The van der Waals surface area contributed by atoms with Gasteiger partial charge in [0.1, 0.15) is 29.4 Å². The number of morpholine rings is 1. The molecule has 1 amide bonds. The minimum atomic E-state index is -0.826. The molecule has 0 saturated carbocycles. The van der Waals surface area contributed by atoms with Crippen molar-refractivity contribution < 1.29 is 29.2 Å². The van der Waals surface area contributed by atoms with Crippen molar-refractivity contribution in [3.63, 3.8) is 0 Å². The van der Waals surface area contributed by atoms with Crippen molar-refractivity contribution in [2.45, 2.75) is 37.5 Å².